The molecule has 0 bridgehead atoms. The van der Waals surface area contributed by atoms with E-state index in [9.17, 15) is 9.90 Å². The van der Waals surface area contributed by atoms with Gasteiger partial charge in [-0.3, -0.25) is 9.78 Å². The Hall–Kier alpha value is -1.89. The number of carbonyl (C=O) groups is 1. The minimum absolute atomic E-state index is 0.260. The van der Waals surface area contributed by atoms with Gasteiger partial charge in [-0.25, -0.2) is 4.98 Å². The van der Waals surface area contributed by atoms with Gasteiger partial charge < -0.3 is 14.9 Å². The van der Waals surface area contributed by atoms with Crippen molar-refractivity contribution in [3.05, 3.63) is 51.4 Å². The van der Waals surface area contributed by atoms with Gasteiger partial charge in [-0.05, 0) is 36.1 Å². The van der Waals surface area contributed by atoms with Crippen molar-refractivity contribution in [2.24, 2.45) is 0 Å². The number of halogens is 2. The molecular weight excluding hydrogens is 387 g/mol. The van der Waals surface area contributed by atoms with Gasteiger partial charge in [-0.1, -0.05) is 23.2 Å². The number of carbonyl (C=O) groups excluding carboxylic acids is 1. The van der Waals surface area contributed by atoms with Gasteiger partial charge in [0.1, 0.15) is 11.5 Å². The lowest BCUT2D eigenvalue weighted by atomic mass is 10.1. The Balaban J connectivity index is 1.63. The van der Waals surface area contributed by atoms with Crippen LogP contribution in [-0.2, 0) is 6.42 Å². The second kappa shape index (κ2) is 7.26. The number of hydrogen-bond donors (Lipinski definition) is 1. The molecule has 1 saturated heterocycles. The Morgan fingerprint density at radius 2 is 2.00 bits per heavy atom. The number of amides is 1. The highest BCUT2D eigenvalue weighted by Gasteiger charge is 2.38. The third-order valence-corrected chi connectivity index (χ3v) is 5.86. The van der Waals surface area contributed by atoms with Gasteiger partial charge in [0.05, 0.1) is 24.5 Å². The summed E-state index contributed by atoms with van der Waals surface area (Å²) in [5, 5.41) is 11.6. The van der Waals surface area contributed by atoms with Crippen LogP contribution in [0.3, 0.4) is 0 Å². The summed E-state index contributed by atoms with van der Waals surface area (Å²) in [7, 11) is 1.66. The van der Waals surface area contributed by atoms with E-state index in [1.165, 1.54) is 11.1 Å². The first-order valence-corrected chi connectivity index (χ1v) is 9.71. The molecule has 2 unspecified atom stereocenters. The van der Waals surface area contributed by atoms with E-state index in [2.05, 4.69) is 14.9 Å². The summed E-state index contributed by atoms with van der Waals surface area (Å²) in [6, 6.07) is 2.89. The van der Waals surface area contributed by atoms with Crippen molar-refractivity contribution >= 4 is 34.9 Å². The van der Waals surface area contributed by atoms with Crippen molar-refractivity contribution in [3.63, 3.8) is 0 Å². The van der Waals surface area contributed by atoms with Crippen LogP contribution >= 0.6 is 23.2 Å². The number of aromatic nitrogens is 2. The summed E-state index contributed by atoms with van der Waals surface area (Å²) in [4.78, 5) is 25.4. The standard InChI is InChI=1S/C19H20Cl2N4O2/c1-24(18-13-6-11(20)7-14(21)12(13)8-16(18)26)19(27)15-9-22-10-17(23-15)25-4-2-3-5-25/h6-7,9-10,16,18,26H,2-5,8H2,1H3. The van der Waals surface area contributed by atoms with E-state index < -0.39 is 12.1 Å². The lowest BCUT2D eigenvalue weighted by Gasteiger charge is -2.28. The van der Waals surface area contributed by atoms with Gasteiger partial charge in [-0.15, -0.1) is 0 Å². The highest BCUT2D eigenvalue weighted by Crippen LogP contribution is 2.41. The van der Waals surface area contributed by atoms with Gasteiger partial charge in [-0.2, -0.15) is 0 Å². The smallest absolute Gasteiger partial charge is 0.274 e. The summed E-state index contributed by atoms with van der Waals surface area (Å²) in [6.45, 7) is 1.85. The fourth-order valence-electron chi connectivity index (χ4n) is 3.96. The summed E-state index contributed by atoms with van der Waals surface area (Å²) >= 11 is 12.4. The molecule has 1 aliphatic heterocycles. The first kappa shape index (κ1) is 18.5. The van der Waals surface area contributed by atoms with Crippen LogP contribution in [0.1, 0.15) is 40.5 Å². The zero-order valence-electron chi connectivity index (χ0n) is 14.9. The Kier molecular flexibility index (Phi) is 4.97. The van der Waals surface area contributed by atoms with Crippen LogP contribution in [0.25, 0.3) is 0 Å². The zero-order chi connectivity index (χ0) is 19.1. The average molecular weight is 407 g/mol. The van der Waals surface area contributed by atoms with Crippen molar-refractivity contribution in [2.45, 2.75) is 31.4 Å². The summed E-state index contributed by atoms with van der Waals surface area (Å²) in [5.74, 6) is 0.418. The van der Waals surface area contributed by atoms with E-state index in [1.54, 1.807) is 25.4 Å². The Bertz CT molecular complexity index is 886. The van der Waals surface area contributed by atoms with E-state index in [4.69, 9.17) is 23.2 Å². The number of fused-ring (bicyclic) bond motifs is 1. The van der Waals surface area contributed by atoms with Gasteiger partial charge >= 0.3 is 0 Å². The molecule has 1 fully saturated rings. The monoisotopic (exact) mass is 406 g/mol. The molecular formula is C19H20Cl2N4O2. The maximum absolute atomic E-state index is 13.1. The van der Waals surface area contributed by atoms with Crippen LogP contribution in [0.5, 0.6) is 0 Å². The normalized spacial score (nSPS) is 21.4. The Morgan fingerprint density at radius 3 is 2.74 bits per heavy atom. The molecule has 27 heavy (non-hydrogen) atoms. The summed E-state index contributed by atoms with van der Waals surface area (Å²) in [6.07, 6.45) is 5.01. The molecule has 1 amide bonds. The second-order valence-electron chi connectivity index (χ2n) is 7.04. The van der Waals surface area contributed by atoms with Gasteiger partial charge in [0.15, 0.2) is 0 Å². The van der Waals surface area contributed by atoms with Crippen molar-refractivity contribution < 1.29 is 9.90 Å². The van der Waals surface area contributed by atoms with Gasteiger partial charge in [0, 0.05) is 36.6 Å². The molecule has 1 aromatic heterocycles. The predicted octanol–water partition coefficient (Wildman–Crippen LogP) is 3.11. The number of nitrogens with zero attached hydrogens (tertiary/aromatic N) is 4. The lowest BCUT2D eigenvalue weighted by molar-refractivity contribution is 0.0492. The molecule has 2 heterocycles. The third-order valence-electron chi connectivity index (χ3n) is 5.30. The number of benzene rings is 1. The summed E-state index contributed by atoms with van der Waals surface area (Å²) in [5.41, 5.74) is 1.87. The molecule has 1 aliphatic carbocycles. The van der Waals surface area contributed by atoms with Crippen LogP contribution < -0.4 is 4.90 Å². The van der Waals surface area contributed by atoms with Crippen molar-refractivity contribution in [3.8, 4) is 0 Å². The van der Waals surface area contributed by atoms with Crippen LogP contribution in [0.4, 0.5) is 5.82 Å². The SMILES string of the molecule is CN(C(=O)c1cncc(N2CCCC2)n1)C1c2cc(Cl)cc(Cl)c2CC1O. The molecule has 8 heteroatoms. The number of hydrogen-bond acceptors (Lipinski definition) is 5. The lowest BCUT2D eigenvalue weighted by Crippen LogP contribution is -2.36. The van der Waals surface area contributed by atoms with Crippen LogP contribution in [0, 0.1) is 0 Å². The largest absolute Gasteiger partial charge is 0.390 e. The van der Waals surface area contributed by atoms with E-state index in [1.807, 2.05) is 0 Å². The van der Waals surface area contributed by atoms with Crippen LogP contribution in [0.15, 0.2) is 24.5 Å². The predicted molar refractivity (Wildman–Crippen MR) is 104 cm³/mol. The van der Waals surface area contributed by atoms with Crippen molar-refractivity contribution in [1.29, 1.82) is 0 Å². The number of aliphatic hydroxyl groups is 1. The highest BCUT2D eigenvalue weighted by molar-refractivity contribution is 6.35. The molecule has 6 nitrogen and oxygen atoms in total. The first-order valence-electron chi connectivity index (χ1n) is 8.95. The topological polar surface area (TPSA) is 69.6 Å². The fourth-order valence-corrected chi connectivity index (χ4v) is 4.55. The molecule has 2 atom stereocenters. The molecule has 4 rings (SSSR count). The van der Waals surface area contributed by atoms with Crippen LogP contribution in [0.2, 0.25) is 10.0 Å². The van der Waals surface area contributed by atoms with Gasteiger partial charge in [0.2, 0.25) is 0 Å². The minimum atomic E-state index is -0.750. The van der Waals surface area contributed by atoms with E-state index in [0.717, 1.165) is 37.1 Å². The fraction of sp³-hybridized carbons (Fsp3) is 0.421. The molecule has 0 radical (unpaired) electrons. The third kappa shape index (κ3) is 3.37. The van der Waals surface area contributed by atoms with Crippen molar-refractivity contribution in [2.75, 3.05) is 25.0 Å². The van der Waals surface area contributed by atoms with Crippen LogP contribution in [-0.4, -0.2) is 52.1 Å². The molecule has 1 N–H and O–H groups in total. The quantitative estimate of drug-likeness (QED) is 0.847. The maximum Gasteiger partial charge on any atom is 0.274 e. The Morgan fingerprint density at radius 1 is 1.26 bits per heavy atom. The summed E-state index contributed by atoms with van der Waals surface area (Å²) < 4.78 is 0. The van der Waals surface area contributed by atoms with E-state index >= 15 is 0 Å². The molecule has 1 aromatic carbocycles. The first-order chi connectivity index (χ1) is 13.0. The molecule has 2 aromatic rings. The molecule has 0 saturated carbocycles. The van der Waals surface area contributed by atoms with E-state index in [0.29, 0.717) is 22.3 Å². The second-order valence-corrected chi connectivity index (χ2v) is 7.89. The zero-order valence-corrected chi connectivity index (χ0v) is 16.4. The molecule has 142 valence electrons. The minimum Gasteiger partial charge on any atom is -0.390 e. The maximum atomic E-state index is 13.1. The highest BCUT2D eigenvalue weighted by atomic mass is 35.5. The Labute approximate surface area is 167 Å². The number of rotatable bonds is 3. The number of aliphatic hydroxyl groups excluding tert-OH is 1. The van der Waals surface area contributed by atoms with Crippen molar-refractivity contribution in [1.82, 2.24) is 14.9 Å². The van der Waals surface area contributed by atoms with Gasteiger partial charge in [0.25, 0.3) is 5.91 Å². The number of anilines is 1. The molecule has 0 spiro atoms. The average Bonchev–Trinajstić information content (AvgIpc) is 3.28. The number of likely N-dealkylation sites (N-methyl/N-ethyl adjacent to an activating group) is 1. The van der Waals surface area contributed by atoms with E-state index in [-0.39, 0.29) is 11.6 Å². The molecule has 2 aliphatic rings.